The van der Waals surface area contributed by atoms with Gasteiger partial charge in [0.1, 0.15) is 23.0 Å². The van der Waals surface area contributed by atoms with Crippen LogP contribution in [0.1, 0.15) is 86.1 Å². The van der Waals surface area contributed by atoms with Gasteiger partial charge in [-0.25, -0.2) is 10.1 Å². The lowest BCUT2D eigenvalue weighted by Crippen LogP contribution is -2.39. The van der Waals surface area contributed by atoms with Crippen LogP contribution in [0.5, 0.6) is 23.0 Å². The first-order valence-corrected chi connectivity index (χ1v) is 18.1. The summed E-state index contributed by atoms with van der Waals surface area (Å²) in [6.07, 6.45) is 1.54. The molecule has 1 aliphatic carbocycles. The molecule has 0 heterocycles. The van der Waals surface area contributed by atoms with Gasteiger partial charge in [-0.05, 0) is 135 Å². The number of methoxy groups -OCH3 is 4. The molecule has 0 fully saturated rings. The Morgan fingerprint density at radius 2 is 0.720 bits per heavy atom. The van der Waals surface area contributed by atoms with Crippen molar-refractivity contribution in [2.75, 3.05) is 38.6 Å². The van der Waals surface area contributed by atoms with Gasteiger partial charge in [0.05, 0.1) is 50.9 Å². The van der Waals surface area contributed by atoms with Crippen LogP contribution in [-0.2, 0) is 36.1 Å². The molecule has 0 saturated heterocycles. The van der Waals surface area contributed by atoms with Crippen LogP contribution in [0.15, 0.2) is 57.5 Å². The summed E-state index contributed by atoms with van der Waals surface area (Å²) in [5.41, 5.74) is 6.45. The fraction of sp³-hybridized carbons (Fsp3) is 0.400. The number of hydrogen-bond acceptors (Lipinski definition) is 6. The molecule has 266 valence electrons. The molecular weight excluding hydrogens is 764 g/mol. The quantitative estimate of drug-likeness (QED) is 0.159. The summed E-state index contributed by atoms with van der Waals surface area (Å²) >= 11 is 7.52. The number of halogens is 2. The number of fused-ring (bicyclic) bond motifs is 8. The lowest BCUT2D eigenvalue weighted by Gasteiger charge is -2.33. The highest BCUT2D eigenvalue weighted by Gasteiger charge is 2.31. The van der Waals surface area contributed by atoms with E-state index in [2.05, 4.69) is 31.9 Å². The molecule has 4 aromatic rings. The van der Waals surface area contributed by atoms with Crippen LogP contribution >= 0.6 is 31.9 Å². The maximum absolute atomic E-state index is 14.3. The number of ether oxygens (including phenoxy) is 4. The fourth-order valence-electron chi connectivity index (χ4n) is 6.72. The number of nitrogens with zero attached hydrogens (tertiary/aromatic N) is 2. The Morgan fingerprint density at radius 3 is 0.920 bits per heavy atom. The average Bonchev–Trinajstić information content (AvgIpc) is 3.02. The van der Waals surface area contributed by atoms with Crippen LogP contribution in [0.25, 0.3) is 0 Å². The van der Waals surface area contributed by atoms with E-state index in [-0.39, 0.29) is 0 Å². The number of benzene rings is 4. The van der Waals surface area contributed by atoms with Crippen LogP contribution in [0.4, 0.5) is 11.4 Å². The van der Waals surface area contributed by atoms with E-state index in [9.17, 15) is 10.4 Å². The minimum absolute atomic E-state index is 0.386. The molecule has 0 aliphatic heterocycles. The second kappa shape index (κ2) is 14.7. The van der Waals surface area contributed by atoms with Crippen molar-refractivity contribution in [3.63, 3.8) is 0 Å². The van der Waals surface area contributed by atoms with Crippen molar-refractivity contribution in [3.8, 4) is 23.0 Å². The highest BCUT2D eigenvalue weighted by molar-refractivity contribution is 9.10. The standard InChI is InChI=1S/C40H46Br2N2O6/c1-39(2,3)43(45)35-23-11-27-15-31(41)17-29(37(27)49-9)13-25-21-34(48-8)22-26(36(25)44(46)40(4,5)6)14-30-18-32(42)16-28(38(30)50-10)12-24(35)20-33(19-23)47-7/h15-22H,11-14H2,1-10H3. The molecule has 0 N–H and O–H groups in total. The maximum Gasteiger partial charge on any atom is 0.125 e. The predicted octanol–water partition coefficient (Wildman–Crippen LogP) is 9.82. The van der Waals surface area contributed by atoms with E-state index >= 15 is 0 Å². The summed E-state index contributed by atoms with van der Waals surface area (Å²) in [6.45, 7) is 11.5. The molecule has 5 rings (SSSR count). The van der Waals surface area contributed by atoms with Crippen molar-refractivity contribution >= 4 is 43.2 Å². The molecule has 0 unspecified atom stereocenters. The minimum atomic E-state index is -0.729. The van der Waals surface area contributed by atoms with Crippen molar-refractivity contribution < 1.29 is 29.4 Å². The lowest BCUT2D eigenvalue weighted by atomic mass is 9.89. The number of rotatable bonds is 6. The number of hydroxylamine groups is 2. The average molecular weight is 811 g/mol. The molecule has 8 nitrogen and oxygen atoms in total. The SMILES string of the molecule is COc1cc2c(N([O])C(C)(C)C)c(c1)Cc1cc(Br)cc(c1OC)Cc1cc(OC)cc(c1N([O])C(C)(C)C)Cc1cc(Br)cc(c1OC)C2. The van der Waals surface area contributed by atoms with E-state index < -0.39 is 11.1 Å². The molecule has 0 aromatic heterocycles. The van der Waals surface area contributed by atoms with E-state index in [0.717, 1.165) is 63.6 Å². The molecular formula is C40H46Br2N2O6. The van der Waals surface area contributed by atoms with E-state index in [1.54, 1.807) is 28.4 Å². The highest BCUT2D eigenvalue weighted by Crippen LogP contribution is 2.44. The van der Waals surface area contributed by atoms with E-state index in [4.69, 9.17) is 18.9 Å². The van der Waals surface area contributed by atoms with Crippen molar-refractivity contribution in [2.45, 2.75) is 78.3 Å². The van der Waals surface area contributed by atoms with E-state index in [0.29, 0.717) is 60.1 Å². The number of hydrogen-bond donors (Lipinski definition) is 0. The van der Waals surface area contributed by atoms with Gasteiger partial charge in [-0.2, -0.15) is 0 Å². The van der Waals surface area contributed by atoms with Gasteiger partial charge in [-0.1, -0.05) is 42.3 Å². The minimum Gasteiger partial charge on any atom is -0.497 e. The van der Waals surface area contributed by atoms with Crippen LogP contribution in [0.3, 0.4) is 0 Å². The van der Waals surface area contributed by atoms with Crippen molar-refractivity contribution in [1.29, 1.82) is 0 Å². The second-order valence-electron chi connectivity index (χ2n) is 14.7. The monoisotopic (exact) mass is 808 g/mol. The van der Waals surface area contributed by atoms with E-state index in [1.165, 1.54) is 0 Å². The van der Waals surface area contributed by atoms with Gasteiger partial charge in [0.25, 0.3) is 0 Å². The van der Waals surface area contributed by atoms with Crippen LogP contribution in [0, 0.1) is 0 Å². The van der Waals surface area contributed by atoms with Crippen LogP contribution in [0.2, 0.25) is 0 Å². The van der Waals surface area contributed by atoms with Crippen LogP contribution in [-0.4, -0.2) is 39.5 Å². The molecule has 0 saturated carbocycles. The predicted molar refractivity (Wildman–Crippen MR) is 204 cm³/mol. The molecule has 0 atom stereocenters. The number of anilines is 2. The first kappa shape index (κ1) is 37.8. The van der Waals surface area contributed by atoms with Crippen LogP contribution < -0.4 is 29.1 Å². The molecule has 0 amide bonds. The summed E-state index contributed by atoms with van der Waals surface area (Å²) in [5, 5.41) is 30.9. The normalized spacial score (nSPS) is 13.1. The van der Waals surface area contributed by atoms with Gasteiger partial charge in [0.15, 0.2) is 0 Å². The summed E-state index contributed by atoms with van der Waals surface area (Å²) in [4.78, 5) is 0. The molecule has 2 radical (unpaired) electrons. The Kier molecular flexibility index (Phi) is 11.1. The van der Waals surface area contributed by atoms with Gasteiger partial charge in [-0.3, -0.25) is 0 Å². The first-order chi connectivity index (χ1) is 23.5. The Bertz CT molecular complexity index is 1660. The molecule has 10 heteroatoms. The third kappa shape index (κ3) is 7.73. The molecule has 0 spiro atoms. The molecule has 50 heavy (non-hydrogen) atoms. The Balaban J connectivity index is 1.93. The van der Waals surface area contributed by atoms with Crippen molar-refractivity contribution in [3.05, 3.63) is 102 Å². The zero-order valence-electron chi connectivity index (χ0n) is 30.5. The van der Waals surface area contributed by atoms with Crippen molar-refractivity contribution in [1.82, 2.24) is 0 Å². The zero-order valence-corrected chi connectivity index (χ0v) is 33.7. The summed E-state index contributed by atoms with van der Waals surface area (Å²) in [5.74, 6) is 2.66. The Labute approximate surface area is 313 Å². The lowest BCUT2D eigenvalue weighted by molar-refractivity contribution is 0.101. The summed E-state index contributed by atoms with van der Waals surface area (Å²) < 4.78 is 25.7. The molecule has 1 aliphatic rings. The topological polar surface area (TPSA) is 83.2 Å². The second-order valence-corrected chi connectivity index (χ2v) is 16.6. The third-order valence-corrected chi connectivity index (χ3v) is 9.84. The van der Waals surface area contributed by atoms with Gasteiger partial charge in [0, 0.05) is 34.6 Å². The van der Waals surface area contributed by atoms with E-state index in [1.807, 2.05) is 90.1 Å². The highest BCUT2D eigenvalue weighted by atomic mass is 79.9. The first-order valence-electron chi connectivity index (χ1n) is 16.5. The Hall–Kier alpha value is -3.44. The fourth-order valence-corrected chi connectivity index (χ4v) is 7.82. The smallest absolute Gasteiger partial charge is 0.125 e. The molecule has 8 bridgehead atoms. The largest absolute Gasteiger partial charge is 0.497 e. The van der Waals surface area contributed by atoms with Gasteiger partial charge in [0.2, 0.25) is 0 Å². The zero-order chi connectivity index (χ0) is 36.7. The summed E-state index contributed by atoms with van der Waals surface area (Å²) in [6, 6.07) is 15.9. The third-order valence-electron chi connectivity index (χ3n) is 8.93. The van der Waals surface area contributed by atoms with Gasteiger partial charge < -0.3 is 18.9 Å². The van der Waals surface area contributed by atoms with Gasteiger partial charge >= 0.3 is 0 Å². The summed E-state index contributed by atoms with van der Waals surface area (Å²) in [7, 11) is 6.59. The molecule has 4 aromatic carbocycles. The van der Waals surface area contributed by atoms with Crippen molar-refractivity contribution in [2.24, 2.45) is 0 Å². The Morgan fingerprint density at radius 1 is 0.460 bits per heavy atom. The van der Waals surface area contributed by atoms with Gasteiger partial charge in [-0.15, -0.1) is 0 Å². The maximum atomic E-state index is 14.3.